The Bertz CT molecular complexity index is 771. The van der Waals surface area contributed by atoms with Crippen molar-refractivity contribution in [2.45, 2.75) is 45.4 Å². The molecule has 0 bridgehead atoms. The Hall–Kier alpha value is -1.99. The molecule has 2 nitrogen and oxygen atoms in total. The van der Waals surface area contributed by atoms with Gasteiger partial charge in [-0.15, -0.1) is 0 Å². The molecule has 0 spiro atoms. The lowest BCUT2D eigenvalue weighted by atomic mass is 9.97. The third kappa shape index (κ3) is 7.74. The van der Waals surface area contributed by atoms with Gasteiger partial charge in [0.2, 0.25) is 0 Å². The van der Waals surface area contributed by atoms with Crippen LogP contribution in [0.3, 0.4) is 0 Å². The van der Waals surface area contributed by atoms with Crippen molar-refractivity contribution >= 4 is 0 Å². The average molecular weight is 415 g/mol. The van der Waals surface area contributed by atoms with Crippen LogP contribution < -0.4 is 5.32 Å². The minimum atomic E-state index is -4.21. The van der Waals surface area contributed by atoms with Crippen molar-refractivity contribution in [2.24, 2.45) is 0 Å². The van der Waals surface area contributed by atoms with E-state index in [4.69, 9.17) is 4.74 Å². The molecule has 29 heavy (non-hydrogen) atoms. The molecule has 0 aliphatic rings. The maximum Gasteiger partial charge on any atom is 0.390 e. The van der Waals surface area contributed by atoms with Gasteiger partial charge < -0.3 is 10.1 Å². The van der Waals surface area contributed by atoms with Crippen molar-refractivity contribution in [1.29, 1.82) is 0 Å². The van der Waals surface area contributed by atoms with Gasteiger partial charge in [-0.3, -0.25) is 0 Å². The van der Waals surface area contributed by atoms with Gasteiger partial charge in [0.25, 0.3) is 0 Å². The summed E-state index contributed by atoms with van der Waals surface area (Å²) in [6.45, 7) is 4.22. The van der Waals surface area contributed by atoms with Crippen LogP contribution in [0, 0.1) is 25.5 Å². The van der Waals surface area contributed by atoms with Crippen LogP contribution >= 0.6 is 0 Å². The van der Waals surface area contributed by atoms with Gasteiger partial charge in [-0.25, -0.2) is 8.78 Å². The molecule has 1 atom stereocenters. The minimum absolute atomic E-state index is 0.185. The SMILES string of the molecule is Cc1cccc(C)c1C(CNCCC(F)(F)F)OCCCc1ccc(F)cc1F. The molecule has 0 saturated heterocycles. The van der Waals surface area contributed by atoms with E-state index in [9.17, 15) is 22.0 Å². The molecule has 0 saturated carbocycles. The molecule has 0 aliphatic carbocycles. The highest BCUT2D eigenvalue weighted by Gasteiger charge is 2.26. The Morgan fingerprint density at radius 3 is 2.34 bits per heavy atom. The van der Waals surface area contributed by atoms with Gasteiger partial charge in [-0.05, 0) is 55.0 Å². The van der Waals surface area contributed by atoms with Crippen LogP contribution in [0.25, 0.3) is 0 Å². The summed E-state index contributed by atoms with van der Waals surface area (Å²) in [6, 6.07) is 9.25. The smallest absolute Gasteiger partial charge is 0.372 e. The zero-order valence-corrected chi connectivity index (χ0v) is 16.6. The topological polar surface area (TPSA) is 21.3 Å². The van der Waals surface area contributed by atoms with Crippen LogP contribution in [0.5, 0.6) is 0 Å². The van der Waals surface area contributed by atoms with E-state index in [0.29, 0.717) is 25.0 Å². The molecule has 1 unspecified atom stereocenters. The van der Waals surface area contributed by atoms with Crippen LogP contribution in [0.1, 0.15) is 41.2 Å². The van der Waals surface area contributed by atoms with Gasteiger partial charge in [0.15, 0.2) is 0 Å². The molecule has 160 valence electrons. The molecule has 1 N–H and O–H groups in total. The number of aryl methyl sites for hydroxylation is 3. The van der Waals surface area contributed by atoms with Crippen molar-refractivity contribution < 1.29 is 26.7 Å². The quantitative estimate of drug-likeness (QED) is 0.390. The van der Waals surface area contributed by atoms with Crippen molar-refractivity contribution in [3.63, 3.8) is 0 Å². The van der Waals surface area contributed by atoms with Crippen LogP contribution in [0.4, 0.5) is 22.0 Å². The number of rotatable bonds is 10. The molecule has 0 radical (unpaired) electrons. The standard InChI is InChI=1S/C22H26F5NO/c1-15-5-3-6-16(2)21(15)20(14-28-11-10-22(25,26)27)29-12-4-7-17-8-9-18(23)13-19(17)24/h3,5-6,8-9,13,20,28H,4,7,10-12,14H2,1-2H3. The van der Waals surface area contributed by atoms with Crippen LogP contribution in [0.15, 0.2) is 36.4 Å². The first-order chi connectivity index (χ1) is 13.7. The zero-order valence-electron chi connectivity index (χ0n) is 16.6. The fourth-order valence-corrected chi connectivity index (χ4v) is 3.26. The molecule has 2 aromatic carbocycles. The Morgan fingerprint density at radius 1 is 1.03 bits per heavy atom. The van der Waals surface area contributed by atoms with Crippen molar-refractivity contribution in [3.8, 4) is 0 Å². The Morgan fingerprint density at radius 2 is 1.72 bits per heavy atom. The van der Waals surface area contributed by atoms with Crippen molar-refractivity contribution in [3.05, 3.63) is 70.3 Å². The lowest BCUT2D eigenvalue weighted by Crippen LogP contribution is -2.28. The summed E-state index contributed by atoms with van der Waals surface area (Å²) in [5, 5.41) is 2.82. The molecule has 2 aromatic rings. The van der Waals surface area contributed by atoms with E-state index in [0.717, 1.165) is 22.8 Å². The Labute approximate surface area is 168 Å². The van der Waals surface area contributed by atoms with E-state index in [2.05, 4.69) is 5.32 Å². The molecule has 0 aromatic heterocycles. The average Bonchev–Trinajstić information content (AvgIpc) is 2.62. The summed E-state index contributed by atoms with van der Waals surface area (Å²) < 4.78 is 69.8. The number of halogens is 5. The number of hydrogen-bond donors (Lipinski definition) is 1. The normalized spacial score (nSPS) is 12.9. The Balaban J connectivity index is 1.96. The van der Waals surface area contributed by atoms with Gasteiger partial charge in [0.1, 0.15) is 11.6 Å². The summed E-state index contributed by atoms with van der Waals surface area (Å²) in [5.74, 6) is -1.22. The summed E-state index contributed by atoms with van der Waals surface area (Å²) >= 11 is 0. The summed E-state index contributed by atoms with van der Waals surface area (Å²) in [4.78, 5) is 0. The second-order valence-corrected chi connectivity index (χ2v) is 7.07. The van der Waals surface area contributed by atoms with Crippen LogP contribution in [0.2, 0.25) is 0 Å². The largest absolute Gasteiger partial charge is 0.390 e. The predicted octanol–water partition coefficient (Wildman–Crippen LogP) is 5.81. The molecular formula is C22H26F5NO. The van der Waals surface area contributed by atoms with Gasteiger partial charge >= 0.3 is 6.18 Å². The monoisotopic (exact) mass is 415 g/mol. The first-order valence-corrected chi connectivity index (χ1v) is 9.56. The molecule has 7 heteroatoms. The number of nitrogens with one attached hydrogen (secondary N) is 1. The van der Waals surface area contributed by atoms with E-state index < -0.39 is 30.3 Å². The summed E-state index contributed by atoms with van der Waals surface area (Å²) in [7, 11) is 0. The predicted molar refractivity (Wildman–Crippen MR) is 103 cm³/mol. The van der Waals surface area contributed by atoms with E-state index in [-0.39, 0.29) is 13.1 Å². The highest BCUT2D eigenvalue weighted by Crippen LogP contribution is 2.25. The lowest BCUT2D eigenvalue weighted by Gasteiger charge is -2.23. The summed E-state index contributed by atoms with van der Waals surface area (Å²) in [6.07, 6.45) is -4.64. The molecule has 2 rings (SSSR count). The third-order valence-corrected chi connectivity index (χ3v) is 4.70. The molecule has 0 aliphatic heterocycles. The fraction of sp³-hybridized carbons (Fsp3) is 0.455. The number of ether oxygens (including phenoxy) is 1. The minimum Gasteiger partial charge on any atom is -0.372 e. The van der Waals surface area contributed by atoms with Crippen LogP contribution in [-0.2, 0) is 11.2 Å². The van der Waals surface area contributed by atoms with E-state index in [1.807, 2.05) is 32.0 Å². The van der Waals surface area contributed by atoms with Gasteiger partial charge in [-0.1, -0.05) is 24.3 Å². The maximum atomic E-state index is 13.7. The second-order valence-electron chi connectivity index (χ2n) is 7.07. The summed E-state index contributed by atoms with van der Waals surface area (Å²) in [5.41, 5.74) is 3.34. The third-order valence-electron chi connectivity index (χ3n) is 4.70. The zero-order chi connectivity index (χ0) is 21.4. The lowest BCUT2D eigenvalue weighted by molar-refractivity contribution is -0.133. The van der Waals surface area contributed by atoms with E-state index in [1.165, 1.54) is 12.1 Å². The molecule has 0 amide bonds. The molecule has 0 heterocycles. The highest BCUT2D eigenvalue weighted by atomic mass is 19.4. The number of benzene rings is 2. The Kier molecular flexibility index (Phi) is 8.59. The van der Waals surface area contributed by atoms with Gasteiger partial charge in [0, 0.05) is 25.8 Å². The van der Waals surface area contributed by atoms with E-state index >= 15 is 0 Å². The first-order valence-electron chi connectivity index (χ1n) is 9.56. The number of alkyl halides is 3. The molecule has 0 fully saturated rings. The number of hydrogen-bond acceptors (Lipinski definition) is 2. The van der Waals surface area contributed by atoms with E-state index in [1.54, 1.807) is 0 Å². The van der Waals surface area contributed by atoms with Gasteiger partial charge in [-0.2, -0.15) is 13.2 Å². The van der Waals surface area contributed by atoms with Crippen LogP contribution in [-0.4, -0.2) is 25.9 Å². The highest BCUT2D eigenvalue weighted by molar-refractivity contribution is 5.35. The molecular weight excluding hydrogens is 389 g/mol. The fourth-order valence-electron chi connectivity index (χ4n) is 3.26. The maximum absolute atomic E-state index is 13.7. The second kappa shape index (κ2) is 10.7. The van der Waals surface area contributed by atoms with Crippen molar-refractivity contribution in [1.82, 2.24) is 5.32 Å². The van der Waals surface area contributed by atoms with Gasteiger partial charge in [0.05, 0.1) is 12.5 Å². The van der Waals surface area contributed by atoms with Crippen molar-refractivity contribution in [2.75, 3.05) is 19.7 Å². The first kappa shape index (κ1) is 23.3.